The number of carbonyl (C=O) groups is 2. The van der Waals surface area contributed by atoms with Gasteiger partial charge >= 0.3 is 5.97 Å². The summed E-state index contributed by atoms with van der Waals surface area (Å²) in [5.74, 6) is -1.28. The standard InChI is InChI=1S/C15H23N3O3/c16-10-5-4-8-15(17,14(20)21)9-11-18-13(19)12-6-2-1-3-7-12/h1-3,6-7H,4-5,8-11,16-17H2,(H,18,19)(H,20,21)/t15-/m1/s1. The van der Waals surface area contributed by atoms with E-state index in [4.69, 9.17) is 11.5 Å². The van der Waals surface area contributed by atoms with Gasteiger partial charge in [0.25, 0.3) is 5.91 Å². The Balaban J connectivity index is 2.47. The van der Waals surface area contributed by atoms with Crippen LogP contribution in [0.25, 0.3) is 0 Å². The molecule has 1 amide bonds. The van der Waals surface area contributed by atoms with E-state index in [9.17, 15) is 14.7 Å². The van der Waals surface area contributed by atoms with E-state index in [0.29, 0.717) is 24.9 Å². The minimum absolute atomic E-state index is 0.186. The van der Waals surface area contributed by atoms with Crippen LogP contribution in [-0.4, -0.2) is 35.6 Å². The molecule has 0 aliphatic carbocycles. The molecular weight excluding hydrogens is 270 g/mol. The number of rotatable bonds is 9. The summed E-state index contributed by atoms with van der Waals surface area (Å²) in [6.07, 6.45) is 1.93. The molecule has 0 unspecified atom stereocenters. The summed E-state index contributed by atoms with van der Waals surface area (Å²) in [5, 5.41) is 11.9. The minimum Gasteiger partial charge on any atom is -0.480 e. The first kappa shape index (κ1) is 17.1. The zero-order valence-electron chi connectivity index (χ0n) is 12.0. The van der Waals surface area contributed by atoms with Crippen LogP contribution in [0.3, 0.4) is 0 Å². The predicted molar refractivity (Wildman–Crippen MR) is 80.9 cm³/mol. The molecule has 0 aromatic heterocycles. The summed E-state index contributed by atoms with van der Waals surface area (Å²) in [5.41, 5.74) is 10.5. The Morgan fingerprint density at radius 1 is 1.14 bits per heavy atom. The molecule has 0 saturated heterocycles. The van der Waals surface area contributed by atoms with E-state index >= 15 is 0 Å². The van der Waals surface area contributed by atoms with E-state index in [0.717, 1.165) is 6.42 Å². The van der Waals surface area contributed by atoms with E-state index in [1.807, 2.05) is 6.07 Å². The second kappa shape index (κ2) is 8.39. The summed E-state index contributed by atoms with van der Waals surface area (Å²) in [4.78, 5) is 23.1. The zero-order valence-corrected chi connectivity index (χ0v) is 12.0. The van der Waals surface area contributed by atoms with Gasteiger partial charge in [-0.05, 0) is 44.4 Å². The quantitative estimate of drug-likeness (QED) is 0.500. The lowest BCUT2D eigenvalue weighted by Gasteiger charge is -2.24. The fraction of sp³-hybridized carbons (Fsp3) is 0.467. The van der Waals surface area contributed by atoms with Crippen molar-refractivity contribution in [3.05, 3.63) is 35.9 Å². The number of hydrogen-bond acceptors (Lipinski definition) is 4. The third kappa shape index (κ3) is 5.53. The lowest BCUT2D eigenvalue weighted by atomic mass is 9.90. The molecule has 1 rings (SSSR count). The van der Waals surface area contributed by atoms with E-state index in [1.54, 1.807) is 24.3 Å². The summed E-state index contributed by atoms with van der Waals surface area (Å²) in [7, 11) is 0. The van der Waals surface area contributed by atoms with Gasteiger partial charge in [-0.3, -0.25) is 9.59 Å². The second-order valence-corrected chi connectivity index (χ2v) is 5.08. The van der Waals surface area contributed by atoms with Crippen LogP contribution in [0.15, 0.2) is 30.3 Å². The van der Waals surface area contributed by atoms with Crippen molar-refractivity contribution in [1.29, 1.82) is 0 Å². The van der Waals surface area contributed by atoms with Crippen LogP contribution in [0.4, 0.5) is 0 Å². The number of aliphatic carboxylic acids is 1. The number of nitrogens with one attached hydrogen (secondary N) is 1. The number of carbonyl (C=O) groups excluding carboxylic acids is 1. The highest BCUT2D eigenvalue weighted by Crippen LogP contribution is 2.15. The van der Waals surface area contributed by atoms with Gasteiger partial charge in [-0.15, -0.1) is 0 Å². The Bertz CT molecular complexity index is 464. The van der Waals surface area contributed by atoms with Crippen LogP contribution in [0.1, 0.15) is 36.0 Å². The van der Waals surface area contributed by atoms with Gasteiger partial charge < -0.3 is 21.9 Å². The van der Waals surface area contributed by atoms with E-state index < -0.39 is 11.5 Å². The Hall–Kier alpha value is -1.92. The molecule has 0 spiro atoms. The molecule has 0 radical (unpaired) electrons. The molecule has 6 nitrogen and oxygen atoms in total. The average molecular weight is 293 g/mol. The molecule has 1 atom stereocenters. The number of nitrogens with two attached hydrogens (primary N) is 2. The SMILES string of the molecule is NCCCC[C@@](N)(CCNC(=O)c1ccccc1)C(=O)O. The molecule has 0 fully saturated rings. The third-order valence-corrected chi connectivity index (χ3v) is 3.40. The largest absolute Gasteiger partial charge is 0.480 e. The Morgan fingerprint density at radius 3 is 2.38 bits per heavy atom. The van der Waals surface area contributed by atoms with Crippen molar-refractivity contribution in [1.82, 2.24) is 5.32 Å². The molecular formula is C15H23N3O3. The van der Waals surface area contributed by atoms with Crippen molar-refractivity contribution in [2.24, 2.45) is 11.5 Å². The van der Waals surface area contributed by atoms with E-state index in [-0.39, 0.29) is 18.9 Å². The molecule has 1 aromatic carbocycles. The molecule has 0 aliphatic heterocycles. The van der Waals surface area contributed by atoms with E-state index in [2.05, 4.69) is 5.32 Å². The van der Waals surface area contributed by atoms with Crippen LogP contribution in [0.5, 0.6) is 0 Å². The van der Waals surface area contributed by atoms with Gasteiger partial charge in [0, 0.05) is 12.1 Å². The van der Waals surface area contributed by atoms with Gasteiger partial charge in [-0.1, -0.05) is 18.2 Å². The maximum atomic E-state index is 11.8. The molecule has 116 valence electrons. The fourth-order valence-corrected chi connectivity index (χ4v) is 2.01. The number of carboxylic acid groups (broad SMARTS) is 1. The van der Waals surface area contributed by atoms with Crippen molar-refractivity contribution in [3.63, 3.8) is 0 Å². The molecule has 21 heavy (non-hydrogen) atoms. The molecule has 0 bridgehead atoms. The second-order valence-electron chi connectivity index (χ2n) is 5.08. The highest BCUT2D eigenvalue weighted by Gasteiger charge is 2.32. The maximum absolute atomic E-state index is 11.8. The molecule has 0 aliphatic rings. The molecule has 0 heterocycles. The predicted octanol–water partition coefficient (Wildman–Crippen LogP) is 0.718. The van der Waals surface area contributed by atoms with E-state index in [1.165, 1.54) is 0 Å². The van der Waals surface area contributed by atoms with Crippen molar-refractivity contribution in [3.8, 4) is 0 Å². The summed E-state index contributed by atoms with van der Waals surface area (Å²) in [6.45, 7) is 0.736. The Labute approximate surface area is 124 Å². The van der Waals surface area contributed by atoms with Gasteiger partial charge in [0.05, 0.1) is 0 Å². The lowest BCUT2D eigenvalue weighted by Crippen LogP contribution is -2.50. The topological polar surface area (TPSA) is 118 Å². The molecule has 1 aromatic rings. The first-order valence-corrected chi connectivity index (χ1v) is 7.05. The highest BCUT2D eigenvalue weighted by atomic mass is 16.4. The first-order chi connectivity index (χ1) is 9.99. The summed E-state index contributed by atoms with van der Waals surface area (Å²) in [6, 6.07) is 8.76. The number of benzene rings is 1. The van der Waals surface area contributed by atoms with Gasteiger partial charge in [0.2, 0.25) is 0 Å². The summed E-state index contributed by atoms with van der Waals surface area (Å²) >= 11 is 0. The van der Waals surface area contributed by atoms with Gasteiger partial charge in [0.1, 0.15) is 5.54 Å². The van der Waals surface area contributed by atoms with Crippen LogP contribution in [0, 0.1) is 0 Å². The number of amides is 1. The van der Waals surface area contributed by atoms with Crippen LogP contribution < -0.4 is 16.8 Å². The average Bonchev–Trinajstić information content (AvgIpc) is 2.48. The molecule has 6 heteroatoms. The first-order valence-electron chi connectivity index (χ1n) is 7.05. The third-order valence-electron chi connectivity index (χ3n) is 3.40. The van der Waals surface area contributed by atoms with Gasteiger partial charge in [0.15, 0.2) is 0 Å². The molecule has 0 saturated carbocycles. The monoisotopic (exact) mass is 293 g/mol. The van der Waals surface area contributed by atoms with Crippen molar-refractivity contribution >= 4 is 11.9 Å². The fourth-order valence-electron chi connectivity index (χ4n) is 2.01. The van der Waals surface area contributed by atoms with Gasteiger partial charge in [-0.25, -0.2) is 0 Å². The lowest BCUT2D eigenvalue weighted by molar-refractivity contribution is -0.143. The Kier molecular flexibility index (Phi) is 6.84. The van der Waals surface area contributed by atoms with Gasteiger partial charge in [-0.2, -0.15) is 0 Å². The van der Waals surface area contributed by atoms with Crippen LogP contribution >= 0.6 is 0 Å². The maximum Gasteiger partial charge on any atom is 0.323 e. The minimum atomic E-state index is -1.32. The van der Waals surface area contributed by atoms with Crippen LogP contribution in [-0.2, 0) is 4.79 Å². The normalized spacial score (nSPS) is 13.4. The van der Waals surface area contributed by atoms with Crippen molar-refractivity contribution in [2.75, 3.05) is 13.1 Å². The van der Waals surface area contributed by atoms with Crippen LogP contribution in [0.2, 0.25) is 0 Å². The zero-order chi connectivity index (χ0) is 15.7. The smallest absolute Gasteiger partial charge is 0.323 e. The summed E-state index contributed by atoms with van der Waals surface area (Å²) < 4.78 is 0. The highest BCUT2D eigenvalue weighted by molar-refractivity contribution is 5.94. The number of carboxylic acids is 1. The Morgan fingerprint density at radius 2 is 1.81 bits per heavy atom. The number of hydrogen-bond donors (Lipinski definition) is 4. The van der Waals surface area contributed by atoms with Crippen molar-refractivity contribution in [2.45, 2.75) is 31.2 Å². The van der Waals surface area contributed by atoms with Crippen molar-refractivity contribution < 1.29 is 14.7 Å². The number of unbranched alkanes of at least 4 members (excludes halogenated alkanes) is 1. The molecule has 6 N–H and O–H groups in total.